The molecule has 1 aliphatic rings. The van der Waals surface area contributed by atoms with Crippen molar-refractivity contribution in [1.29, 1.82) is 0 Å². The van der Waals surface area contributed by atoms with E-state index >= 15 is 0 Å². The average Bonchev–Trinajstić information content (AvgIpc) is 2.90. The Hall–Kier alpha value is -1.65. The van der Waals surface area contributed by atoms with Gasteiger partial charge in [-0.05, 0) is 6.07 Å². The molecule has 1 saturated heterocycles. The lowest BCUT2D eigenvalue weighted by molar-refractivity contribution is 0.0961. The number of carbonyl (C=O) groups is 1. The van der Waals surface area contributed by atoms with Gasteiger partial charge in [-0.1, -0.05) is 18.2 Å². The molecule has 0 amide bonds. The number of rotatable bonds is 4. The highest BCUT2D eigenvalue weighted by molar-refractivity contribution is 6.07. The van der Waals surface area contributed by atoms with E-state index < -0.39 is 0 Å². The van der Waals surface area contributed by atoms with E-state index in [4.69, 9.17) is 4.42 Å². The number of ketones is 1. The standard InChI is InChI=1S/C15H18N2O2/c18-14(5-8-17-9-6-16-7-10-17)13-11-19-15-4-2-1-3-12(13)15/h1-4,11,16H,5-10H2. The molecule has 1 aromatic carbocycles. The van der Waals surface area contributed by atoms with E-state index in [9.17, 15) is 4.79 Å². The molecule has 1 aliphatic heterocycles. The van der Waals surface area contributed by atoms with E-state index in [1.54, 1.807) is 6.26 Å². The summed E-state index contributed by atoms with van der Waals surface area (Å²) in [6.07, 6.45) is 2.15. The maximum absolute atomic E-state index is 12.3. The Morgan fingerprint density at radius 2 is 2.05 bits per heavy atom. The van der Waals surface area contributed by atoms with Crippen LogP contribution in [0.1, 0.15) is 16.8 Å². The van der Waals surface area contributed by atoms with Crippen LogP contribution in [-0.4, -0.2) is 43.4 Å². The number of piperazine rings is 1. The SMILES string of the molecule is O=C(CCN1CCNCC1)c1coc2ccccc12. The third-order valence-electron chi connectivity index (χ3n) is 3.65. The van der Waals surface area contributed by atoms with E-state index in [0.29, 0.717) is 12.0 Å². The van der Waals surface area contributed by atoms with Crippen molar-refractivity contribution in [2.75, 3.05) is 32.7 Å². The van der Waals surface area contributed by atoms with Crippen LogP contribution in [0.15, 0.2) is 34.9 Å². The van der Waals surface area contributed by atoms with Crippen molar-refractivity contribution in [2.24, 2.45) is 0 Å². The Morgan fingerprint density at radius 1 is 1.26 bits per heavy atom. The van der Waals surface area contributed by atoms with Gasteiger partial charge in [0.15, 0.2) is 5.78 Å². The normalized spacial score (nSPS) is 16.8. The first-order chi connectivity index (χ1) is 9.34. The highest BCUT2D eigenvalue weighted by atomic mass is 16.3. The topological polar surface area (TPSA) is 45.5 Å². The first-order valence-electron chi connectivity index (χ1n) is 6.77. The first-order valence-corrected chi connectivity index (χ1v) is 6.77. The molecule has 0 aliphatic carbocycles. The van der Waals surface area contributed by atoms with Gasteiger partial charge in [0.1, 0.15) is 11.8 Å². The van der Waals surface area contributed by atoms with Gasteiger partial charge in [0.2, 0.25) is 0 Å². The van der Waals surface area contributed by atoms with E-state index in [1.165, 1.54) is 0 Å². The molecule has 3 rings (SSSR count). The number of nitrogens with one attached hydrogen (secondary N) is 1. The van der Waals surface area contributed by atoms with Crippen LogP contribution in [0, 0.1) is 0 Å². The van der Waals surface area contributed by atoms with E-state index in [0.717, 1.165) is 43.7 Å². The number of carbonyl (C=O) groups excluding carboxylic acids is 1. The number of para-hydroxylation sites is 1. The summed E-state index contributed by atoms with van der Waals surface area (Å²) < 4.78 is 5.42. The number of nitrogens with zero attached hydrogens (tertiary/aromatic N) is 1. The van der Waals surface area contributed by atoms with E-state index in [-0.39, 0.29) is 5.78 Å². The Bertz CT molecular complexity index is 570. The molecule has 2 aromatic rings. The minimum absolute atomic E-state index is 0.170. The maximum atomic E-state index is 12.3. The largest absolute Gasteiger partial charge is 0.464 e. The van der Waals surface area contributed by atoms with Crippen molar-refractivity contribution in [3.8, 4) is 0 Å². The Morgan fingerprint density at radius 3 is 2.89 bits per heavy atom. The van der Waals surface area contributed by atoms with E-state index in [1.807, 2.05) is 24.3 Å². The predicted molar refractivity (Wildman–Crippen MR) is 74.5 cm³/mol. The van der Waals surface area contributed by atoms with Crippen LogP contribution in [0.25, 0.3) is 11.0 Å². The zero-order valence-corrected chi connectivity index (χ0v) is 10.9. The molecular formula is C15H18N2O2. The van der Waals surface area contributed by atoms with Crippen LogP contribution in [0.2, 0.25) is 0 Å². The zero-order valence-electron chi connectivity index (χ0n) is 10.9. The fraction of sp³-hybridized carbons (Fsp3) is 0.400. The van der Waals surface area contributed by atoms with Crippen LogP contribution >= 0.6 is 0 Å². The molecule has 0 atom stereocenters. The smallest absolute Gasteiger partial charge is 0.168 e. The molecule has 100 valence electrons. The summed E-state index contributed by atoms with van der Waals surface area (Å²) in [4.78, 5) is 14.6. The molecule has 1 N–H and O–H groups in total. The van der Waals surface area contributed by atoms with Crippen molar-refractivity contribution in [2.45, 2.75) is 6.42 Å². The van der Waals surface area contributed by atoms with Gasteiger partial charge in [0.25, 0.3) is 0 Å². The minimum Gasteiger partial charge on any atom is -0.464 e. The van der Waals surface area contributed by atoms with Crippen LogP contribution in [0.4, 0.5) is 0 Å². The third kappa shape index (κ3) is 2.69. The average molecular weight is 258 g/mol. The van der Waals surface area contributed by atoms with Crippen molar-refractivity contribution in [3.63, 3.8) is 0 Å². The second kappa shape index (κ2) is 5.55. The molecule has 19 heavy (non-hydrogen) atoms. The minimum atomic E-state index is 0.170. The summed E-state index contributed by atoms with van der Waals surface area (Å²) in [5.41, 5.74) is 1.50. The lowest BCUT2D eigenvalue weighted by atomic mass is 10.1. The summed E-state index contributed by atoms with van der Waals surface area (Å²) in [5, 5.41) is 4.24. The van der Waals surface area contributed by atoms with Crippen molar-refractivity contribution >= 4 is 16.8 Å². The number of hydrogen-bond donors (Lipinski definition) is 1. The molecule has 0 bridgehead atoms. The quantitative estimate of drug-likeness (QED) is 0.851. The lowest BCUT2D eigenvalue weighted by Gasteiger charge is -2.26. The lowest BCUT2D eigenvalue weighted by Crippen LogP contribution is -2.44. The summed E-state index contributed by atoms with van der Waals surface area (Å²) in [5.74, 6) is 0.170. The van der Waals surface area contributed by atoms with Gasteiger partial charge in [-0.3, -0.25) is 4.79 Å². The van der Waals surface area contributed by atoms with Gasteiger partial charge in [-0.25, -0.2) is 0 Å². The summed E-state index contributed by atoms with van der Waals surface area (Å²) in [6.45, 7) is 4.92. The number of Topliss-reactive ketones (excluding diaryl/α,β-unsaturated/α-hetero) is 1. The third-order valence-corrected chi connectivity index (χ3v) is 3.65. The molecule has 4 nitrogen and oxygen atoms in total. The monoisotopic (exact) mass is 258 g/mol. The summed E-state index contributed by atoms with van der Waals surface area (Å²) in [7, 11) is 0. The van der Waals surface area contributed by atoms with Crippen LogP contribution in [0.3, 0.4) is 0 Å². The molecule has 1 aromatic heterocycles. The van der Waals surface area contributed by atoms with Crippen LogP contribution in [-0.2, 0) is 0 Å². The highest BCUT2D eigenvalue weighted by Crippen LogP contribution is 2.21. The van der Waals surface area contributed by atoms with Gasteiger partial charge in [-0.15, -0.1) is 0 Å². The number of benzene rings is 1. The van der Waals surface area contributed by atoms with E-state index in [2.05, 4.69) is 10.2 Å². The molecule has 0 spiro atoms. The maximum Gasteiger partial charge on any atom is 0.168 e. The van der Waals surface area contributed by atoms with Crippen LogP contribution < -0.4 is 5.32 Å². The molecule has 0 unspecified atom stereocenters. The Balaban J connectivity index is 1.66. The Labute approximate surface area is 112 Å². The molecule has 0 radical (unpaired) electrons. The molecule has 2 heterocycles. The summed E-state index contributed by atoms with van der Waals surface area (Å²) in [6, 6.07) is 7.69. The van der Waals surface area contributed by atoms with Crippen molar-refractivity contribution < 1.29 is 9.21 Å². The second-order valence-corrected chi connectivity index (χ2v) is 4.91. The summed E-state index contributed by atoms with van der Waals surface area (Å²) >= 11 is 0. The Kier molecular flexibility index (Phi) is 3.62. The molecule has 1 fully saturated rings. The zero-order chi connectivity index (χ0) is 13.1. The highest BCUT2D eigenvalue weighted by Gasteiger charge is 2.15. The molecule has 0 saturated carbocycles. The van der Waals surface area contributed by atoms with Crippen molar-refractivity contribution in [1.82, 2.24) is 10.2 Å². The van der Waals surface area contributed by atoms with Crippen molar-refractivity contribution in [3.05, 3.63) is 36.1 Å². The number of fused-ring (bicyclic) bond motifs is 1. The first kappa shape index (κ1) is 12.4. The second-order valence-electron chi connectivity index (χ2n) is 4.91. The van der Waals surface area contributed by atoms with Gasteiger partial charge in [0.05, 0.1) is 5.56 Å². The number of furan rings is 1. The van der Waals surface area contributed by atoms with Gasteiger partial charge in [-0.2, -0.15) is 0 Å². The van der Waals surface area contributed by atoms with Gasteiger partial charge < -0.3 is 14.6 Å². The van der Waals surface area contributed by atoms with Gasteiger partial charge >= 0.3 is 0 Å². The number of hydrogen-bond acceptors (Lipinski definition) is 4. The van der Waals surface area contributed by atoms with Crippen LogP contribution in [0.5, 0.6) is 0 Å². The van der Waals surface area contributed by atoms with Gasteiger partial charge in [0, 0.05) is 44.5 Å². The molecular weight excluding hydrogens is 240 g/mol. The molecule has 4 heteroatoms. The predicted octanol–water partition coefficient (Wildman–Crippen LogP) is 1.91. The fourth-order valence-corrected chi connectivity index (χ4v) is 2.52. The fourth-order valence-electron chi connectivity index (χ4n) is 2.52.